The molecule has 2 aromatic heterocycles. The van der Waals surface area contributed by atoms with E-state index in [4.69, 9.17) is 9.15 Å². The molecule has 30 heavy (non-hydrogen) atoms. The van der Waals surface area contributed by atoms with Gasteiger partial charge in [-0.25, -0.2) is 4.79 Å². The minimum atomic E-state index is -0.412. The molecule has 0 spiro atoms. The Morgan fingerprint density at radius 2 is 2.03 bits per heavy atom. The van der Waals surface area contributed by atoms with Crippen molar-refractivity contribution in [2.75, 3.05) is 12.4 Å². The van der Waals surface area contributed by atoms with Gasteiger partial charge in [-0.15, -0.1) is 11.3 Å². The molecule has 1 atom stereocenters. The Hall–Kier alpha value is -2.12. The molecule has 0 radical (unpaired) electrons. The van der Waals surface area contributed by atoms with Crippen molar-refractivity contribution in [2.45, 2.75) is 40.0 Å². The van der Waals surface area contributed by atoms with E-state index in [2.05, 4.69) is 42.0 Å². The molecule has 1 N–H and O–H groups in total. The lowest BCUT2D eigenvalue weighted by atomic mass is 9.72. The Balaban J connectivity index is 1.67. The fourth-order valence-corrected chi connectivity index (χ4v) is 5.71. The first-order valence-electron chi connectivity index (χ1n) is 9.90. The number of halogens is 1. The molecule has 0 bridgehead atoms. The molecule has 3 aromatic rings. The number of thiophene rings is 1. The number of furan rings is 1. The highest BCUT2D eigenvalue weighted by molar-refractivity contribution is 9.10. The summed E-state index contributed by atoms with van der Waals surface area (Å²) < 4.78 is 11.6. The fourth-order valence-electron chi connectivity index (χ4n) is 4.02. The normalized spacial score (nSPS) is 16.4. The lowest BCUT2D eigenvalue weighted by molar-refractivity contribution is 0.0600. The molecular formula is C23H24BrNO4S. The van der Waals surface area contributed by atoms with Gasteiger partial charge in [0.1, 0.15) is 10.6 Å². The van der Waals surface area contributed by atoms with E-state index < -0.39 is 5.97 Å². The first-order chi connectivity index (χ1) is 14.2. The first-order valence-corrected chi connectivity index (χ1v) is 11.5. The third-order valence-electron chi connectivity index (χ3n) is 5.81. The maximum Gasteiger partial charge on any atom is 0.341 e. The first kappa shape index (κ1) is 21.1. The second-order valence-corrected chi connectivity index (χ2v) is 10.8. The highest BCUT2D eigenvalue weighted by Crippen LogP contribution is 2.44. The van der Waals surface area contributed by atoms with Gasteiger partial charge in [0.2, 0.25) is 0 Å². The predicted molar refractivity (Wildman–Crippen MR) is 122 cm³/mol. The smallest absolute Gasteiger partial charge is 0.341 e. The van der Waals surface area contributed by atoms with Crippen molar-refractivity contribution in [1.82, 2.24) is 0 Å². The molecule has 0 aliphatic heterocycles. The number of amides is 1. The number of rotatable bonds is 3. The predicted octanol–water partition coefficient (Wildman–Crippen LogP) is 6.45. The molecule has 1 unspecified atom stereocenters. The van der Waals surface area contributed by atoms with Gasteiger partial charge in [0.05, 0.1) is 12.7 Å². The highest BCUT2D eigenvalue weighted by Gasteiger charge is 2.34. The van der Waals surface area contributed by atoms with Crippen LogP contribution in [-0.2, 0) is 17.6 Å². The lowest BCUT2D eigenvalue weighted by Gasteiger charge is -2.33. The minimum Gasteiger partial charge on any atom is -0.465 e. The van der Waals surface area contributed by atoms with E-state index in [0.29, 0.717) is 22.1 Å². The number of anilines is 1. The van der Waals surface area contributed by atoms with Crippen molar-refractivity contribution in [2.24, 2.45) is 11.3 Å². The average Bonchev–Trinajstić information content (AvgIpc) is 3.26. The number of carbonyl (C=O) groups excluding carboxylic acids is 2. The molecule has 1 aliphatic rings. The minimum absolute atomic E-state index is 0.194. The van der Waals surface area contributed by atoms with Crippen molar-refractivity contribution >= 4 is 55.1 Å². The molecule has 0 fully saturated rings. The van der Waals surface area contributed by atoms with Crippen LogP contribution in [0.4, 0.5) is 5.00 Å². The van der Waals surface area contributed by atoms with Gasteiger partial charge in [-0.3, -0.25) is 4.79 Å². The molecule has 158 valence electrons. The number of fused-ring (bicyclic) bond motifs is 2. The van der Waals surface area contributed by atoms with E-state index in [0.717, 1.165) is 39.6 Å². The zero-order valence-electron chi connectivity index (χ0n) is 17.4. The van der Waals surface area contributed by atoms with Crippen molar-refractivity contribution in [3.63, 3.8) is 0 Å². The number of ether oxygens (including phenoxy) is 1. The van der Waals surface area contributed by atoms with E-state index in [-0.39, 0.29) is 17.1 Å². The van der Waals surface area contributed by atoms with E-state index in [1.54, 1.807) is 6.07 Å². The largest absolute Gasteiger partial charge is 0.465 e. The molecule has 1 amide bonds. The van der Waals surface area contributed by atoms with Crippen LogP contribution in [0.15, 0.2) is 33.2 Å². The van der Waals surface area contributed by atoms with Crippen LogP contribution in [-0.4, -0.2) is 19.0 Å². The van der Waals surface area contributed by atoms with Gasteiger partial charge < -0.3 is 14.5 Å². The van der Waals surface area contributed by atoms with Crippen molar-refractivity contribution < 1.29 is 18.7 Å². The van der Waals surface area contributed by atoms with Gasteiger partial charge in [-0.2, -0.15) is 0 Å². The Morgan fingerprint density at radius 3 is 2.73 bits per heavy atom. The Bertz CT molecular complexity index is 1140. The van der Waals surface area contributed by atoms with Crippen LogP contribution in [0.1, 0.15) is 58.5 Å². The quantitative estimate of drug-likeness (QED) is 0.429. The second-order valence-electron chi connectivity index (χ2n) is 8.75. The summed E-state index contributed by atoms with van der Waals surface area (Å²) in [5.41, 5.74) is 2.32. The summed E-state index contributed by atoms with van der Waals surface area (Å²) in [4.78, 5) is 26.6. The zero-order valence-corrected chi connectivity index (χ0v) is 19.8. The van der Waals surface area contributed by atoms with Gasteiger partial charge in [-0.05, 0) is 60.4 Å². The molecule has 5 nitrogen and oxygen atoms in total. The van der Waals surface area contributed by atoms with Crippen LogP contribution < -0.4 is 5.32 Å². The molecule has 0 saturated carbocycles. The Morgan fingerprint density at radius 1 is 1.27 bits per heavy atom. The Labute approximate surface area is 187 Å². The molecule has 2 heterocycles. The van der Waals surface area contributed by atoms with Crippen molar-refractivity contribution in [3.05, 3.63) is 50.5 Å². The SMILES string of the molecule is COC(=O)c1c(NC(=O)c2cc3cc(Br)ccc3o2)sc2c1CCC(C(C)(C)C)C2. The molecule has 0 saturated heterocycles. The molecule has 4 rings (SSSR count). The number of esters is 1. The van der Waals surface area contributed by atoms with E-state index in [1.807, 2.05) is 18.2 Å². The molecular weight excluding hydrogens is 466 g/mol. The van der Waals surface area contributed by atoms with Gasteiger partial charge >= 0.3 is 5.97 Å². The lowest BCUT2D eigenvalue weighted by Crippen LogP contribution is -2.26. The number of benzene rings is 1. The van der Waals surface area contributed by atoms with Crippen LogP contribution in [0.25, 0.3) is 11.0 Å². The van der Waals surface area contributed by atoms with Gasteiger partial charge in [0, 0.05) is 14.7 Å². The van der Waals surface area contributed by atoms with Crippen molar-refractivity contribution in [1.29, 1.82) is 0 Å². The molecule has 1 aliphatic carbocycles. The zero-order chi connectivity index (χ0) is 21.6. The number of methoxy groups -OCH3 is 1. The standard InChI is InChI=1S/C23H24BrNO4S/c1-23(2,3)13-5-7-15-18(11-13)30-21(19(15)22(27)28-4)25-20(26)17-10-12-9-14(24)6-8-16(12)29-17/h6,8-10,13H,5,7,11H2,1-4H3,(H,25,26). The van der Waals surface area contributed by atoms with E-state index >= 15 is 0 Å². The monoisotopic (exact) mass is 489 g/mol. The topological polar surface area (TPSA) is 68.5 Å². The van der Waals surface area contributed by atoms with Gasteiger partial charge in [0.15, 0.2) is 5.76 Å². The van der Waals surface area contributed by atoms with Gasteiger partial charge in [0.25, 0.3) is 5.91 Å². The third-order valence-corrected chi connectivity index (χ3v) is 7.47. The summed E-state index contributed by atoms with van der Waals surface area (Å²) in [5.74, 6) is -0.0478. The van der Waals surface area contributed by atoms with Crippen LogP contribution in [0.2, 0.25) is 0 Å². The molecule has 1 aromatic carbocycles. The molecule has 7 heteroatoms. The maximum absolute atomic E-state index is 12.9. The van der Waals surface area contributed by atoms with Gasteiger partial charge in [-0.1, -0.05) is 36.7 Å². The van der Waals surface area contributed by atoms with Crippen LogP contribution >= 0.6 is 27.3 Å². The van der Waals surface area contributed by atoms with Crippen molar-refractivity contribution in [3.8, 4) is 0 Å². The average molecular weight is 490 g/mol. The summed E-state index contributed by atoms with van der Waals surface area (Å²) in [6, 6.07) is 7.27. The Kier molecular flexibility index (Phi) is 5.53. The summed E-state index contributed by atoms with van der Waals surface area (Å²) in [5, 5.41) is 4.27. The number of hydrogen-bond donors (Lipinski definition) is 1. The number of nitrogens with one attached hydrogen (secondary N) is 1. The van der Waals surface area contributed by atoms with E-state index in [1.165, 1.54) is 18.4 Å². The summed E-state index contributed by atoms with van der Waals surface area (Å²) in [7, 11) is 1.37. The van der Waals surface area contributed by atoms with Crippen LogP contribution in [0.5, 0.6) is 0 Å². The second kappa shape index (κ2) is 7.85. The fraction of sp³-hybridized carbons (Fsp3) is 0.391. The van der Waals surface area contributed by atoms with Crippen LogP contribution in [0, 0.1) is 11.3 Å². The van der Waals surface area contributed by atoms with Crippen LogP contribution in [0.3, 0.4) is 0 Å². The van der Waals surface area contributed by atoms with E-state index in [9.17, 15) is 9.59 Å². The maximum atomic E-state index is 12.9. The number of hydrogen-bond acceptors (Lipinski definition) is 5. The third kappa shape index (κ3) is 3.93. The summed E-state index contributed by atoms with van der Waals surface area (Å²) in [6.45, 7) is 6.75. The summed E-state index contributed by atoms with van der Waals surface area (Å²) in [6.07, 6.45) is 2.73. The number of carbonyl (C=O) groups is 2. The highest BCUT2D eigenvalue weighted by atomic mass is 79.9. The summed E-state index contributed by atoms with van der Waals surface area (Å²) >= 11 is 4.90.